The van der Waals surface area contributed by atoms with Crippen LogP contribution in [0.4, 0.5) is 15.8 Å². The van der Waals surface area contributed by atoms with Gasteiger partial charge in [0.2, 0.25) is 5.75 Å². The molecule has 1 N–H and O–H groups in total. The predicted octanol–water partition coefficient (Wildman–Crippen LogP) is 2.15. The minimum absolute atomic E-state index is 0.0204. The number of nitrogens with zero attached hydrogens (tertiary/aromatic N) is 1. The van der Waals surface area contributed by atoms with Crippen molar-refractivity contribution in [3.63, 3.8) is 0 Å². The third-order valence-corrected chi connectivity index (χ3v) is 4.13. The fourth-order valence-electron chi connectivity index (χ4n) is 1.90. The molecule has 0 unspecified atom stereocenters. The number of nitrogens with one attached hydrogen (secondary N) is 1. The first-order chi connectivity index (χ1) is 11.7. The van der Waals surface area contributed by atoms with E-state index in [0.717, 1.165) is 24.5 Å². The highest BCUT2D eigenvalue weighted by Crippen LogP contribution is 2.27. The van der Waals surface area contributed by atoms with Crippen LogP contribution in [0.15, 0.2) is 47.4 Å². The molecule has 132 valence electrons. The van der Waals surface area contributed by atoms with E-state index in [9.17, 15) is 27.7 Å². The summed E-state index contributed by atoms with van der Waals surface area (Å²) in [7, 11) is -3.44. The number of anilines is 1. The molecule has 0 aliphatic heterocycles. The van der Waals surface area contributed by atoms with E-state index in [4.69, 9.17) is 4.74 Å². The Kier molecular flexibility index (Phi) is 5.32. The van der Waals surface area contributed by atoms with Crippen LogP contribution in [0.25, 0.3) is 0 Å². The molecule has 2 rings (SSSR count). The maximum absolute atomic E-state index is 13.2. The number of hydrogen-bond donors (Lipinski definition) is 1. The molecule has 0 spiro atoms. The summed E-state index contributed by atoms with van der Waals surface area (Å²) in [5, 5.41) is 13.2. The molecule has 1 amide bonds. The smallest absolute Gasteiger partial charge is 0.311 e. The lowest BCUT2D eigenvalue weighted by Gasteiger charge is -2.09. The topological polar surface area (TPSA) is 116 Å². The predicted molar refractivity (Wildman–Crippen MR) is 86.7 cm³/mol. The molecule has 0 fully saturated rings. The van der Waals surface area contributed by atoms with Gasteiger partial charge in [0, 0.05) is 24.1 Å². The third kappa shape index (κ3) is 4.98. The van der Waals surface area contributed by atoms with Crippen molar-refractivity contribution >= 4 is 27.1 Å². The van der Waals surface area contributed by atoms with E-state index in [1.165, 1.54) is 24.3 Å². The van der Waals surface area contributed by atoms with Gasteiger partial charge in [0.25, 0.3) is 5.91 Å². The van der Waals surface area contributed by atoms with E-state index in [-0.39, 0.29) is 16.3 Å². The molecule has 0 atom stereocenters. The zero-order valence-electron chi connectivity index (χ0n) is 12.9. The van der Waals surface area contributed by atoms with Crippen molar-refractivity contribution in [1.82, 2.24) is 0 Å². The van der Waals surface area contributed by atoms with Crippen LogP contribution in [0, 0.1) is 15.9 Å². The SMILES string of the molecule is CS(=O)(=O)c1cccc(NC(=O)COc2cc(F)ccc2[N+](=O)[O-])c1. The summed E-state index contributed by atoms with van der Waals surface area (Å²) in [4.78, 5) is 22.0. The molecule has 2 aromatic rings. The van der Waals surface area contributed by atoms with Gasteiger partial charge in [0.05, 0.1) is 9.82 Å². The first-order valence-corrected chi connectivity index (χ1v) is 8.72. The third-order valence-electron chi connectivity index (χ3n) is 3.02. The summed E-state index contributed by atoms with van der Waals surface area (Å²) >= 11 is 0. The van der Waals surface area contributed by atoms with Crippen LogP contribution >= 0.6 is 0 Å². The normalized spacial score (nSPS) is 11.0. The highest BCUT2D eigenvalue weighted by molar-refractivity contribution is 7.90. The summed E-state index contributed by atoms with van der Waals surface area (Å²) in [6.07, 6.45) is 1.03. The highest BCUT2D eigenvalue weighted by atomic mass is 32.2. The van der Waals surface area contributed by atoms with Gasteiger partial charge in [0.1, 0.15) is 5.82 Å². The second kappa shape index (κ2) is 7.26. The molecule has 10 heteroatoms. The number of carbonyl (C=O) groups is 1. The zero-order valence-corrected chi connectivity index (χ0v) is 13.7. The second-order valence-corrected chi connectivity index (χ2v) is 7.02. The lowest BCUT2D eigenvalue weighted by Crippen LogP contribution is -2.20. The number of sulfone groups is 1. The number of benzene rings is 2. The van der Waals surface area contributed by atoms with Gasteiger partial charge in [0.15, 0.2) is 16.4 Å². The van der Waals surface area contributed by atoms with Crippen LogP contribution in [0.2, 0.25) is 0 Å². The summed E-state index contributed by atoms with van der Waals surface area (Å²) < 4.78 is 41.1. The molecule has 2 aromatic carbocycles. The fraction of sp³-hybridized carbons (Fsp3) is 0.133. The second-order valence-electron chi connectivity index (χ2n) is 5.01. The lowest BCUT2D eigenvalue weighted by atomic mass is 10.3. The zero-order chi connectivity index (χ0) is 18.6. The van der Waals surface area contributed by atoms with Gasteiger partial charge in [-0.15, -0.1) is 0 Å². The van der Waals surface area contributed by atoms with E-state index < -0.39 is 38.8 Å². The molecular weight excluding hydrogens is 355 g/mol. The molecule has 0 aromatic heterocycles. The summed E-state index contributed by atoms with van der Waals surface area (Å²) in [6, 6.07) is 8.19. The molecule has 8 nitrogen and oxygen atoms in total. The maximum Gasteiger partial charge on any atom is 0.311 e. The summed E-state index contributed by atoms with van der Waals surface area (Å²) in [6.45, 7) is -0.618. The van der Waals surface area contributed by atoms with E-state index in [2.05, 4.69) is 5.32 Å². The van der Waals surface area contributed by atoms with Crippen molar-refractivity contribution in [3.8, 4) is 5.75 Å². The highest BCUT2D eigenvalue weighted by Gasteiger charge is 2.17. The van der Waals surface area contributed by atoms with Crippen LogP contribution in [-0.4, -0.2) is 32.1 Å². The first kappa shape index (κ1) is 18.3. The number of hydrogen-bond acceptors (Lipinski definition) is 6. The van der Waals surface area contributed by atoms with Crippen LogP contribution in [0.1, 0.15) is 0 Å². The summed E-state index contributed by atoms with van der Waals surface area (Å²) in [5.74, 6) is -1.82. The van der Waals surface area contributed by atoms with E-state index in [1.807, 2.05) is 0 Å². The minimum atomic E-state index is -3.44. The van der Waals surface area contributed by atoms with Crippen molar-refractivity contribution in [2.75, 3.05) is 18.2 Å². The van der Waals surface area contributed by atoms with Gasteiger partial charge in [-0.05, 0) is 24.3 Å². The van der Waals surface area contributed by atoms with Crippen LogP contribution < -0.4 is 10.1 Å². The van der Waals surface area contributed by atoms with Gasteiger partial charge in [-0.25, -0.2) is 12.8 Å². The monoisotopic (exact) mass is 368 g/mol. The van der Waals surface area contributed by atoms with Gasteiger partial charge in [-0.1, -0.05) is 6.07 Å². The van der Waals surface area contributed by atoms with Crippen molar-refractivity contribution in [3.05, 3.63) is 58.4 Å². The minimum Gasteiger partial charge on any atom is -0.477 e. The Labute approximate surface area is 142 Å². The number of amides is 1. The van der Waals surface area contributed by atoms with Crippen LogP contribution in [0.5, 0.6) is 5.75 Å². The average Bonchev–Trinajstić information content (AvgIpc) is 2.52. The Morgan fingerprint density at radius 1 is 1.28 bits per heavy atom. The molecular formula is C15H13FN2O6S. The van der Waals surface area contributed by atoms with Crippen molar-refractivity contribution in [1.29, 1.82) is 0 Å². The first-order valence-electron chi connectivity index (χ1n) is 6.83. The van der Waals surface area contributed by atoms with Gasteiger partial charge in [-0.2, -0.15) is 0 Å². The Hall–Kier alpha value is -3.01. The van der Waals surface area contributed by atoms with E-state index in [0.29, 0.717) is 0 Å². The van der Waals surface area contributed by atoms with Gasteiger partial charge < -0.3 is 10.1 Å². The summed E-state index contributed by atoms with van der Waals surface area (Å²) in [5.41, 5.74) is -0.265. The standard InChI is InChI=1S/C15H13FN2O6S/c1-25(22,23)12-4-2-3-11(8-12)17-15(19)9-24-14-7-10(16)5-6-13(14)18(20)21/h2-8H,9H2,1H3,(H,17,19). The number of halogens is 1. The van der Waals surface area contributed by atoms with Crippen molar-refractivity contribution in [2.24, 2.45) is 0 Å². The number of rotatable bonds is 6. The van der Waals surface area contributed by atoms with E-state index >= 15 is 0 Å². The lowest BCUT2D eigenvalue weighted by molar-refractivity contribution is -0.385. The molecule has 0 aliphatic carbocycles. The number of nitro groups is 1. The average molecular weight is 368 g/mol. The molecule has 0 heterocycles. The van der Waals surface area contributed by atoms with Gasteiger partial charge >= 0.3 is 5.69 Å². The van der Waals surface area contributed by atoms with Crippen molar-refractivity contribution in [2.45, 2.75) is 4.90 Å². The number of carbonyl (C=O) groups excluding carboxylic acids is 1. The molecule has 0 aliphatic rings. The Balaban J connectivity index is 2.07. The van der Waals surface area contributed by atoms with Crippen LogP contribution in [0.3, 0.4) is 0 Å². The Morgan fingerprint density at radius 2 is 2.00 bits per heavy atom. The van der Waals surface area contributed by atoms with Crippen molar-refractivity contribution < 1.29 is 27.3 Å². The molecule has 25 heavy (non-hydrogen) atoms. The molecule has 0 saturated heterocycles. The van der Waals surface area contributed by atoms with Gasteiger partial charge in [-0.3, -0.25) is 14.9 Å². The number of ether oxygens (including phenoxy) is 1. The molecule has 0 radical (unpaired) electrons. The maximum atomic E-state index is 13.2. The molecule has 0 bridgehead atoms. The fourth-order valence-corrected chi connectivity index (χ4v) is 2.57. The Morgan fingerprint density at radius 3 is 2.64 bits per heavy atom. The quantitative estimate of drug-likeness (QED) is 0.617. The molecule has 0 saturated carbocycles. The number of nitro benzene ring substituents is 1. The van der Waals surface area contributed by atoms with Crippen LogP contribution in [-0.2, 0) is 14.6 Å². The van der Waals surface area contributed by atoms with E-state index in [1.54, 1.807) is 0 Å². The largest absolute Gasteiger partial charge is 0.477 e. The Bertz CT molecular complexity index is 929.